The van der Waals surface area contributed by atoms with Crippen LogP contribution in [0.25, 0.3) is 10.8 Å². The number of carboxylic acid groups (broad SMARTS) is 1. The fourth-order valence-corrected chi connectivity index (χ4v) is 1.47. The van der Waals surface area contributed by atoms with Crippen molar-refractivity contribution in [1.82, 2.24) is 0 Å². The molecule has 0 bridgehead atoms. The van der Waals surface area contributed by atoms with Crippen molar-refractivity contribution in [3.8, 4) is 5.75 Å². The molecule has 3 nitrogen and oxygen atoms in total. The number of carbonyl (C=O) groups is 1. The second-order valence-corrected chi connectivity index (χ2v) is 2.96. The largest absolute Gasteiger partial charge is 0.507 e. The molecule has 2 rings (SSSR count). The maximum absolute atomic E-state index is 11.0. The minimum atomic E-state index is -1.09. The molecule has 0 saturated carbocycles. The summed E-state index contributed by atoms with van der Waals surface area (Å²) in [5.41, 5.74) is 0.0306. The monoisotopic (exact) mass is 189 g/mol. The number of carboxylic acids is 1. The van der Waals surface area contributed by atoms with Crippen molar-refractivity contribution in [2.75, 3.05) is 0 Å². The first-order chi connectivity index (χ1) is 7.24. The van der Waals surface area contributed by atoms with E-state index in [1.165, 1.54) is 6.07 Å². The average molecular weight is 189 g/mol. The second-order valence-electron chi connectivity index (χ2n) is 2.96. The van der Waals surface area contributed by atoms with Crippen LogP contribution in [0.15, 0.2) is 36.4 Å². The molecule has 0 unspecified atom stereocenters. The van der Waals surface area contributed by atoms with Gasteiger partial charge in [-0.3, -0.25) is 0 Å². The summed E-state index contributed by atoms with van der Waals surface area (Å²) in [5.74, 6) is -1.03. The molecule has 0 aliphatic carbocycles. The molecule has 0 aromatic heterocycles. The van der Waals surface area contributed by atoms with E-state index in [9.17, 15) is 4.79 Å². The predicted molar refractivity (Wildman–Crippen MR) is 52.6 cm³/mol. The number of phenols is 1. The molecule has 0 aliphatic rings. The first-order valence-corrected chi connectivity index (χ1v) is 4.12. The highest BCUT2D eigenvalue weighted by atomic mass is 16.4. The molecule has 2 N–H and O–H groups in total. The van der Waals surface area contributed by atoms with Gasteiger partial charge in [0.15, 0.2) is 0 Å². The van der Waals surface area contributed by atoms with E-state index in [4.69, 9.17) is 6.54 Å². The van der Waals surface area contributed by atoms with Gasteiger partial charge in [-0.05, 0) is 16.8 Å². The van der Waals surface area contributed by atoms with Crippen molar-refractivity contribution in [3.05, 3.63) is 42.0 Å². The Morgan fingerprint density at radius 3 is 2.71 bits per heavy atom. The quantitative estimate of drug-likeness (QED) is 0.761. The summed E-state index contributed by atoms with van der Waals surface area (Å²) in [5, 5.41) is 14.7. The Balaban J connectivity index is 2.85. The highest BCUT2D eigenvalue weighted by Crippen LogP contribution is 2.26. The van der Waals surface area contributed by atoms with E-state index in [1.807, 2.05) is 12.1 Å². The highest BCUT2D eigenvalue weighted by Gasteiger charge is 2.12. The Hall–Kier alpha value is -2.03. The smallest absolute Gasteiger partial charge is 0.340 e. The summed E-state index contributed by atoms with van der Waals surface area (Å²) in [6, 6.07) is 10.3. The van der Waals surface area contributed by atoms with Crippen molar-refractivity contribution in [1.29, 1.82) is 1.43 Å². The minimum absolute atomic E-state index is 0.0306. The van der Waals surface area contributed by atoms with Crippen LogP contribution in [0.4, 0.5) is 0 Å². The lowest BCUT2D eigenvalue weighted by Gasteiger charge is -2.03. The van der Waals surface area contributed by atoms with Crippen LogP contribution in [0.1, 0.15) is 10.4 Å². The molecule has 0 heterocycles. The third kappa shape index (κ3) is 1.19. The van der Waals surface area contributed by atoms with Gasteiger partial charge in [0.1, 0.15) is 11.3 Å². The van der Waals surface area contributed by atoms with Gasteiger partial charge in [-0.25, -0.2) is 4.79 Å². The summed E-state index contributed by atoms with van der Waals surface area (Å²) in [6.07, 6.45) is 0. The lowest BCUT2D eigenvalue weighted by atomic mass is 10.0. The molecule has 70 valence electrons. The van der Waals surface area contributed by atoms with Gasteiger partial charge in [-0.1, -0.05) is 30.3 Å². The van der Waals surface area contributed by atoms with E-state index in [-0.39, 0.29) is 11.3 Å². The molecule has 2 aromatic carbocycles. The van der Waals surface area contributed by atoms with Crippen molar-refractivity contribution in [2.24, 2.45) is 0 Å². The van der Waals surface area contributed by atoms with E-state index >= 15 is 0 Å². The first-order valence-electron chi connectivity index (χ1n) is 4.53. The van der Waals surface area contributed by atoms with Crippen molar-refractivity contribution < 1.29 is 15.0 Å². The molecular weight excluding hydrogens is 180 g/mol. The first kappa shape index (κ1) is 7.38. The fraction of sp³-hybridized carbons (Fsp3) is 0. The maximum atomic E-state index is 11.0. The summed E-state index contributed by atoms with van der Waals surface area (Å²) in [6.45, 7) is 0. The second kappa shape index (κ2) is 3.03. The molecular formula is C11H8O3. The predicted octanol–water partition coefficient (Wildman–Crippen LogP) is 2.24. The van der Waals surface area contributed by atoms with Crippen LogP contribution >= 0.6 is 0 Å². The van der Waals surface area contributed by atoms with Crippen LogP contribution < -0.4 is 0 Å². The number of rotatable bonds is 2. The lowest BCUT2D eigenvalue weighted by molar-refractivity contribution is 0.0696. The number of fused-ring (bicyclic) bond motifs is 1. The Bertz CT molecular complexity index is 522. The Morgan fingerprint density at radius 2 is 2.00 bits per heavy atom. The lowest BCUT2D eigenvalue weighted by Crippen LogP contribution is -1.97. The van der Waals surface area contributed by atoms with Gasteiger partial charge in [-0.2, -0.15) is 0 Å². The van der Waals surface area contributed by atoms with Gasteiger partial charge < -0.3 is 10.2 Å². The molecule has 0 spiro atoms. The molecule has 0 fully saturated rings. The highest BCUT2D eigenvalue weighted by molar-refractivity contribution is 6.06. The van der Waals surface area contributed by atoms with E-state index < -0.39 is 5.97 Å². The number of hydrogen-bond donors (Lipinski definition) is 2. The van der Waals surface area contributed by atoms with Gasteiger partial charge in [0.25, 0.3) is 1.43 Å². The SMILES string of the molecule is [2H]Oc1ccc2ccccc2c1C(=O)O. The van der Waals surface area contributed by atoms with Crippen LogP contribution in [-0.4, -0.2) is 17.6 Å². The van der Waals surface area contributed by atoms with Crippen LogP contribution in [0.5, 0.6) is 5.75 Å². The van der Waals surface area contributed by atoms with Crippen LogP contribution in [0.2, 0.25) is 0 Å². The normalized spacial score (nSPS) is 11.0. The number of benzene rings is 2. The maximum Gasteiger partial charge on any atom is 0.340 e. The molecule has 2 aromatic rings. The van der Waals surface area contributed by atoms with E-state index in [0.717, 1.165) is 5.39 Å². The molecule has 0 amide bonds. The van der Waals surface area contributed by atoms with E-state index in [2.05, 4.69) is 5.11 Å². The number of hydrogen-bond acceptors (Lipinski definition) is 2. The fourth-order valence-electron chi connectivity index (χ4n) is 1.47. The van der Waals surface area contributed by atoms with Gasteiger partial charge in [0.2, 0.25) is 0 Å². The standard InChI is InChI=1S/C11H8O3/c12-9-6-5-7-3-1-2-4-8(7)10(9)11(13)14/h1-6,12H,(H,13,14)/i/hD. The third-order valence-electron chi connectivity index (χ3n) is 2.10. The summed E-state index contributed by atoms with van der Waals surface area (Å²) in [4.78, 5) is 11.0. The third-order valence-corrected chi connectivity index (χ3v) is 2.10. The molecule has 3 heteroatoms. The molecule has 0 radical (unpaired) electrons. The van der Waals surface area contributed by atoms with Crippen LogP contribution in [-0.2, 0) is 0 Å². The zero-order valence-electron chi connectivity index (χ0n) is 8.23. The van der Waals surface area contributed by atoms with Gasteiger partial charge in [0, 0.05) is 0 Å². The summed E-state index contributed by atoms with van der Waals surface area (Å²) >= 11 is 0. The zero-order valence-corrected chi connectivity index (χ0v) is 7.23. The Kier molecular flexibility index (Phi) is 1.60. The van der Waals surface area contributed by atoms with Crippen LogP contribution in [0, 0.1) is 0 Å². The van der Waals surface area contributed by atoms with Crippen molar-refractivity contribution >= 4 is 16.7 Å². The topological polar surface area (TPSA) is 57.5 Å². The van der Waals surface area contributed by atoms with Crippen molar-refractivity contribution in [3.63, 3.8) is 0 Å². The Morgan fingerprint density at radius 1 is 1.21 bits per heavy atom. The summed E-state index contributed by atoms with van der Waals surface area (Å²) in [7, 11) is 0. The number of aromatic carboxylic acids is 1. The van der Waals surface area contributed by atoms with Gasteiger partial charge in [-0.15, -0.1) is 0 Å². The van der Waals surface area contributed by atoms with Crippen LogP contribution in [0.3, 0.4) is 0 Å². The number of aromatic hydroxyl groups is 1. The average Bonchev–Trinajstić information content (AvgIpc) is 2.27. The summed E-state index contributed by atoms with van der Waals surface area (Å²) < 4.78 is 6.79. The molecule has 0 atom stereocenters. The Labute approximate surface area is 81.7 Å². The van der Waals surface area contributed by atoms with E-state index in [1.54, 1.807) is 18.2 Å². The molecule has 0 saturated heterocycles. The van der Waals surface area contributed by atoms with Crippen molar-refractivity contribution in [2.45, 2.75) is 0 Å². The molecule has 14 heavy (non-hydrogen) atoms. The zero-order chi connectivity index (χ0) is 10.8. The molecule has 0 aliphatic heterocycles. The van der Waals surface area contributed by atoms with E-state index in [0.29, 0.717) is 5.39 Å². The van der Waals surface area contributed by atoms with Gasteiger partial charge >= 0.3 is 5.97 Å². The minimum Gasteiger partial charge on any atom is -0.507 e. The van der Waals surface area contributed by atoms with Gasteiger partial charge in [0.05, 0.1) is 0 Å².